The number of rotatable bonds is 5. The number of anilines is 1. The maximum absolute atomic E-state index is 12.6. The Bertz CT molecular complexity index is 813. The Hall–Kier alpha value is -2.67. The van der Waals surface area contributed by atoms with Gasteiger partial charge >= 0.3 is 5.97 Å². The molecule has 3 rings (SSSR count). The molecule has 0 radical (unpaired) electrons. The average Bonchev–Trinajstić information content (AvgIpc) is 2.90. The normalized spacial score (nSPS) is 24.0. The van der Waals surface area contributed by atoms with Gasteiger partial charge in [-0.15, -0.1) is 0 Å². The lowest BCUT2D eigenvalue weighted by Gasteiger charge is -2.26. The summed E-state index contributed by atoms with van der Waals surface area (Å²) in [6.07, 6.45) is 2.71. The first kappa shape index (κ1) is 20.1. The Balaban J connectivity index is 1.62. The number of hydrogen-bond donors (Lipinski definition) is 2. The highest BCUT2D eigenvalue weighted by Crippen LogP contribution is 2.31. The Kier molecular flexibility index (Phi) is 5.56. The predicted octanol–water partition coefficient (Wildman–Crippen LogP) is 2.98. The summed E-state index contributed by atoms with van der Waals surface area (Å²) in [4.78, 5) is 41.8. The number of aliphatic carboxylic acids is 1. The second-order valence-electron chi connectivity index (χ2n) is 8.23. The standard InChI is InChI=1S/C21H26N2O5/c1-13-4-9-16(19(25)26)17(10-13)18(24)22-15-7-5-14(6-8-15)11-23-20(27)21(2,3)12-28-23/h4-8,16-17H,9-12H2,1-3H3,(H,22,24)(H,25,26)/t16?,17-/m1/s1. The zero-order valence-corrected chi connectivity index (χ0v) is 16.4. The highest BCUT2D eigenvalue weighted by atomic mass is 16.7. The Morgan fingerprint density at radius 1 is 1.25 bits per heavy atom. The van der Waals surface area contributed by atoms with Crippen molar-refractivity contribution in [2.75, 3.05) is 11.9 Å². The Morgan fingerprint density at radius 3 is 2.50 bits per heavy atom. The van der Waals surface area contributed by atoms with E-state index in [1.165, 1.54) is 5.06 Å². The van der Waals surface area contributed by atoms with Gasteiger partial charge in [-0.2, -0.15) is 0 Å². The quantitative estimate of drug-likeness (QED) is 0.759. The van der Waals surface area contributed by atoms with Crippen molar-refractivity contribution in [1.29, 1.82) is 0 Å². The number of benzene rings is 1. The number of carbonyl (C=O) groups is 3. The fourth-order valence-corrected chi connectivity index (χ4v) is 3.52. The third kappa shape index (κ3) is 4.25. The van der Waals surface area contributed by atoms with E-state index >= 15 is 0 Å². The molecule has 28 heavy (non-hydrogen) atoms. The number of carbonyl (C=O) groups excluding carboxylic acids is 2. The van der Waals surface area contributed by atoms with Gasteiger partial charge in [-0.1, -0.05) is 23.8 Å². The Morgan fingerprint density at radius 2 is 1.93 bits per heavy atom. The van der Waals surface area contributed by atoms with Crippen molar-refractivity contribution in [3.63, 3.8) is 0 Å². The van der Waals surface area contributed by atoms with Crippen molar-refractivity contribution in [2.45, 2.75) is 40.2 Å². The number of allylic oxidation sites excluding steroid dienone is 2. The summed E-state index contributed by atoms with van der Waals surface area (Å²) in [5, 5.41) is 13.6. The molecule has 1 saturated heterocycles. The fourth-order valence-electron chi connectivity index (χ4n) is 3.52. The molecule has 2 atom stereocenters. The molecule has 2 aliphatic rings. The summed E-state index contributed by atoms with van der Waals surface area (Å²) in [6, 6.07) is 7.14. The van der Waals surface area contributed by atoms with Crippen LogP contribution in [0.15, 0.2) is 35.9 Å². The smallest absolute Gasteiger partial charge is 0.307 e. The van der Waals surface area contributed by atoms with Gasteiger partial charge in [0.25, 0.3) is 5.91 Å². The minimum Gasteiger partial charge on any atom is -0.481 e. The molecule has 2 N–H and O–H groups in total. The van der Waals surface area contributed by atoms with E-state index in [1.807, 2.05) is 39.0 Å². The zero-order chi connectivity index (χ0) is 20.5. The second-order valence-corrected chi connectivity index (χ2v) is 8.23. The SMILES string of the molecule is CC1=CCC(C(=O)O)[C@H](C(=O)Nc2ccc(CN3OCC(C)(C)C3=O)cc2)C1. The molecular formula is C21H26N2O5. The number of carboxylic acid groups (broad SMARTS) is 1. The number of nitrogens with one attached hydrogen (secondary N) is 1. The second kappa shape index (κ2) is 7.75. The van der Waals surface area contributed by atoms with Crippen molar-refractivity contribution in [3.05, 3.63) is 41.5 Å². The van der Waals surface area contributed by atoms with Gasteiger partial charge in [-0.25, -0.2) is 5.06 Å². The van der Waals surface area contributed by atoms with Crippen molar-refractivity contribution in [3.8, 4) is 0 Å². The molecule has 7 heteroatoms. The third-order valence-corrected chi connectivity index (χ3v) is 5.34. The minimum atomic E-state index is -0.947. The molecule has 1 fully saturated rings. The van der Waals surface area contributed by atoms with Crippen LogP contribution < -0.4 is 5.32 Å². The topological polar surface area (TPSA) is 95.9 Å². The van der Waals surface area contributed by atoms with Crippen LogP contribution in [0.3, 0.4) is 0 Å². The van der Waals surface area contributed by atoms with Crippen molar-refractivity contribution >= 4 is 23.5 Å². The number of nitrogens with zero attached hydrogens (tertiary/aromatic N) is 1. The van der Waals surface area contributed by atoms with Crippen molar-refractivity contribution < 1.29 is 24.3 Å². The molecule has 0 spiro atoms. The van der Waals surface area contributed by atoms with Crippen molar-refractivity contribution in [2.24, 2.45) is 17.3 Å². The molecule has 0 saturated carbocycles. The van der Waals surface area contributed by atoms with E-state index in [1.54, 1.807) is 12.1 Å². The molecule has 1 aromatic carbocycles. The van der Waals surface area contributed by atoms with E-state index in [9.17, 15) is 19.5 Å². The Labute approximate surface area is 164 Å². The highest BCUT2D eigenvalue weighted by Gasteiger charge is 2.40. The number of amides is 2. The molecule has 0 aromatic heterocycles. The molecule has 7 nitrogen and oxygen atoms in total. The molecule has 150 valence electrons. The van der Waals surface area contributed by atoms with Gasteiger partial charge in [0.05, 0.1) is 30.4 Å². The third-order valence-electron chi connectivity index (χ3n) is 5.34. The monoisotopic (exact) mass is 386 g/mol. The summed E-state index contributed by atoms with van der Waals surface area (Å²) >= 11 is 0. The average molecular weight is 386 g/mol. The number of hydroxylamine groups is 2. The molecular weight excluding hydrogens is 360 g/mol. The molecule has 0 bridgehead atoms. The molecule has 2 amide bonds. The summed E-state index contributed by atoms with van der Waals surface area (Å²) in [5.41, 5.74) is 2.00. The first-order valence-electron chi connectivity index (χ1n) is 9.40. The first-order valence-corrected chi connectivity index (χ1v) is 9.40. The van der Waals surface area contributed by atoms with Gasteiger partial charge < -0.3 is 10.4 Å². The van der Waals surface area contributed by atoms with Gasteiger partial charge in [0, 0.05) is 5.69 Å². The first-order chi connectivity index (χ1) is 13.2. The van der Waals surface area contributed by atoms with Crippen LogP contribution in [0.4, 0.5) is 5.69 Å². The number of carboxylic acids is 1. The number of hydrogen-bond acceptors (Lipinski definition) is 4. The molecule has 1 aliphatic carbocycles. The van der Waals surface area contributed by atoms with E-state index < -0.39 is 23.2 Å². The van der Waals surface area contributed by atoms with Gasteiger partial charge in [0.15, 0.2) is 0 Å². The van der Waals surface area contributed by atoms with Gasteiger partial charge in [0.1, 0.15) is 0 Å². The van der Waals surface area contributed by atoms with Crippen LogP contribution in [0.5, 0.6) is 0 Å². The zero-order valence-electron chi connectivity index (χ0n) is 16.4. The molecule has 1 aliphatic heterocycles. The van der Waals surface area contributed by atoms with Crippen LogP contribution in [0, 0.1) is 17.3 Å². The highest BCUT2D eigenvalue weighted by molar-refractivity contribution is 5.95. The van der Waals surface area contributed by atoms with E-state index in [2.05, 4.69) is 5.32 Å². The molecule has 1 heterocycles. The van der Waals surface area contributed by atoms with E-state index in [0.717, 1.165) is 11.1 Å². The molecule has 1 unspecified atom stereocenters. The van der Waals surface area contributed by atoms with Crippen LogP contribution in [-0.2, 0) is 25.8 Å². The summed E-state index contributed by atoms with van der Waals surface area (Å²) in [7, 11) is 0. The van der Waals surface area contributed by atoms with E-state index in [-0.39, 0.29) is 11.8 Å². The van der Waals surface area contributed by atoms with Crippen LogP contribution in [0.2, 0.25) is 0 Å². The van der Waals surface area contributed by atoms with Gasteiger partial charge in [0.2, 0.25) is 5.91 Å². The maximum atomic E-state index is 12.6. The lowest BCUT2D eigenvalue weighted by atomic mass is 9.79. The maximum Gasteiger partial charge on any atom is 0.307 e. The van der Waals surface area contributed by atoms with Crippen LogP contribution in [0.25, 0.3) is 0 Å². The summed E-state index contributed by atoms with van der Waals surface area (Å²) < 4.78 is 0. The van der Waals surface area contributed by atoms with Crippen molar-refractivity contribution in [1.82, 2.24) is 5.06 Å². The molecule has 1 aromatic rings. The summed E-state index contributed by atoms with van der Waals surface area (Å²) in [5.74, 6) is -2.57. The van der Waals surface area contributed by atoms with Crippen LogP contribution in [-0.4, -0.2) is 34.6 Å². The van der Waals surface area contributed by atoms with Crippen LogP contribution in [0.1, 0.15) is 39.2 Å². The lowest BCUT2D eigenvalue weighted by Crippen LogP contribution is -2.35. The van der Waals surface area contributed by atoms with E-state index in [0.29, 0.717) is 31.7 Å². The summed E-state index contributed by atoms with van der Waals surface area (Å²) in [6.45, 7) is 6.31. The lowest BCUT2D eigenvalue weighted by molar-refractivity contribution is -0.165. The largest absolute Gasteiger partial charge is 0.481 e. The van der Waals surface area contributed by atoms with Crippen LogP contribution >= 0.6 is 0 Å². The van der Waals surface area contributed by atoms with Gasteiger partial charge in [-0.3, -0.25) is 19.2 Å². The predicted molar refractivity (Wildman–Crippen MR) is 103 cm³/mol. The minimum absolute atomic E-state index is 0.0506. The van der Waals surface area contributed by atoms with Gasteiger partial charge in [-0.05, 0) is 51.3 Å². The fraction of sp³-hybridized carbons (Fsp3) is 0.476. The van der Waals surface area contributed by atoms with E-state index in [4.69, 9.17) is 4.84 Å².